The first-order valence-corrected chi connectivity index (χ1v) is 7.60. The molecule has 5 nitrogen and oxygen atoms in total. The normalized spacial score (nSPS) is 10.6. The number of rotatable bonds is 7. The van der Waals surface area contributed by atoms with E-state index in [0.29, 0.717) is 28.9 Å². The molecule has 1 aromatic carbocycles. The second-order valence-corrected chi connectivity index (χ2v) is 5.38. The fraction of sp³-hybridized carbons (Fsp3) is 0.286. The second-order valence-electron chi connectivity index (χ2n) is 4.53. The summed E-state index contributed by atoms with van der Waals surface area (Å²) in [5.74, 6) is 0.0397. The molecule has 0 saturated carbocycles. The van der Waals surface area contributed by atoms with Crippen LogP contribution in [0.15, 0.2) is 36.7 Å². The van der Waals surface area contributed by atoms with Gasteiger partial charge >= 0.3 is 6.61 Å². The van der Waals surface area contributed by atoms with Gasteiger partial charge in [-0.2, -0.15) is 13.9 Å². The summed E-state index contributed by atoms with van der Waals surface area (Å²) >= 11 is 10.9. The van der Waals surface area contributed by atoms with Crippen LogP contribution in [-0.2, 0) is 6.54 Å². The van der Waals surface area contributed by atoms with E-state index in [1.165, 1.54) is 6.07 Å². The molecule has 2 aromatic rings. The van der Waals surface area contributed by atoms with E-state index in [1.54, 1.807) is 35.3 Å². The summed E-state index contributed by atoms with van der Waals surface area (Å²) in [6, 6.07) is 6.36. The molecule has 0 bridgehead atoms. The average Bonchev–Trinajstić information content (AvgIpc) is 2.91. The standard InChI is InChI=1S/C14H15ClF2N4OS/c15-10-8-19-21(9-10)7-3-6-18-14(23)20-11-4-1-2-5-12(11)22-13(16)17/h1-2,4-5,8-9,13H,3,6-7H2,(H2,18,20,23). The predicted octanol–water partition coefficient (Wildman–Crippen LogP) is 3.51. The van der Waals surface area contributed by atoms with Crippen molar-refractivity contribution < 1.29 is 13.5 Å². The highest BCUT2D eigenvalue weighted by Crippen LogP contribution is 2.25. The molecular weight excluding hydrogens is 346 g/mol. The third-order valence-corrected chi connectivity index (χ3v) is 3.24. The third-order valence-electron chi connectivity index (χ3n) is 2.80. The lowest BCUT2D eigenvalue weighted by Crippen LogP contribution is -2.30. The predicted molar refractivity (Wildman–Crippen MR) is 89.2 cm³/mol. The maximum absolute atomic E-state index is 12.3. The van der Waals surface area contributed by atoms with Crippen molar-refractivity contribution >= 4 is 34.6 Å². The van der Waals surface area contributed by atoms with Crippen LogP contribution in [0.3, 0.4) is 0 Å². The Morgan fingerprint density at radius 1 is 1.39 bits per heavy atom. The van der Waals surface area contributed by atoms with Crippen molar-refractivity contribution in [2.45, 2.75) is 19.6 Å². The van der Waals surface area contributed by atoms with Crippen LogP contribution in [0.2, 0.25) is 5.02 Å². The molecule has 1 aromatic heterocycles. The summed E-state index contributed by atoms with van der Waals surface area (Å²) in [6.45, 7) is -1.60. The number of para-hydroxylation sites is 2. The van der Waals surface area contributed by atoms with Crippen LogP contribution in [0.1, 0.15) is 6.42 Å². The van der Waals surface area contributed by atoms with Crippen molar-refractivity contribution in [1.29, 1.82) is 0 Å². The van der Waals surface area contributed by atoms with E-state index in [1.807, 2.05) is 0 Å². The summed E-state index contributed by atoms with van der Waals surface area (Å²) in [7, 11) is 0. The second kappa shape index (κ2) is 8.64. The Balaban J connectivity index is 1.76. The summed E-state index contributed by atoms with van der Waals surface area (Å²) < 4.78 is 30.8. The van der Waals surface area contributed by atoms with Crippen LogP contribution >= 0.6 is 23.8 Å². The van der Waals surface area contributed by atoms with Crippen molar-refractivity contribution in [2.24, 2.45) is 0 Å². The lowest BCUT2D eigenvalue weighted by molar-refractivity contribution is -0.0493. The van der Waals surface area contributed by atoms with E-state index < -0.39 is 6.61 Å². The highest BCUT2D eigenvalue weighted by molar-refractivity contribution is 7.80. The molecule has 2 rings (SSSR count). The molecule has 1 heterocycles. The number of aryl methyl sites for hydroxylation is 1. The van der Waals surface area contributed by atoms with Gasteiger partial charge in [0.25, 0.3) is 0 Å². The van der Waals surface area contributed by atoms with E-state index in [9.17, 15) is 8.78 Å². The highest BCUT2D eigenvalue weighted by Gasteiger charge is 2.09. The van der Waals surface area contributed by atoms with Crippen LogP contribution in [-0.4, -0.2) is 28.0 Å². The number of thiocarbonyl (C=S) groups is 1. The summed E-state index contributed by atoms with van der Waals surface area (Å²) in [5.41, 5.74) is 0.379. The topological polar surface area (TPSA) is 51.1 Å². The molecule has 0 unspecified atom stereocenters. The van der Waals surface area contributed by atoms with E-state index >= 15 is 0 Å². The Morgan fingerprint density at radius 3 is 2.87 bits per heavy atom. The molecule has 124 valence electrons. The Kier molecular flexibility index (Phi) is 6.54. The first kappa shape index (κ1) is 17.4. The zero-order valence-electron chi connectivity index (χ0n) is 12.0. The minimum Gasteiger partial charge on any atom is -0.433 e. The third kappa shape index (κ3) is 5.99. The molecule has 2 N–H and O–H groups in total. The summed E-state index contributed by atoms with van der Waals surface area (Å²) in [6.07, 6.45) is 4.08. The SMILES string of the molecule is FC(F)Oc1ccccc1NC(=S)NCCCn1cc(Cl)cn1. The van der Waals surface area contributed by atoms with Crippen molar-refractivity contribution in [3.05, 3.63) is 41.7 Å². The minimum absolute atomic E-state index is 0.0397. The van der Waals surface area contributed by atoms with Crippen LogP contribution in [0, 0.1) is 0 Å². The van der Waals surface area contributed by atoms with Gasteiger partial charge in [0, 0.05) is 19.3 Å². The van der Waals surface area contributed by atoms with Crippen molar-refractivity contribution in [1.82, 2.24) is 15.1 Å². The number of nitrogens with one attached hydrogen (secondary N) is 2. The van der Waals surface area contributed by atoms with Gasteiger partial charge < -0.3 is 15.4 Å². The molecule has 0 saturated heterocycles. The minimum atomic E-state index is -2.89. The molecule has 0 aliphatic carbocycles. The Hall–Kier alpha value is -1.93. The first-order valence-electron chi connectivity index (χ1n) is 6.81. The van der Waals surface area contributed by atoms with E-state index in [0.717, 1.165) is 6.42 Å². The largest absolute Gasteiger partial charge is 0.433 e. The zero-order chi connectivity index (χ0) is 16.7. The first-order chi connectivity index (χ1) is 11.0. The Bertz CT molecular complexity index is 653. The van der Waals surface area contributed by atoms with Crippen LogP contribution < -0.4 is 15.4 Å². The van der Waals surface area contributed by atoms with Gasteiger partial charge in [0.15, 0.2) is 5.11 Å². The number of aromatic nitrogens is 2. The number of halogens is 3. The van der Waals surface area contributed by atoms with Crippen LogP contribution in [0.25, 0.3) is 0 Å². The molecule has 0 atom stereocenters. The summed E-state index contributed by atoms with van der Waals surface area (Å²) in [4.78, 5) is 0. The number of hydrogen-bond acceptors (Lipinski definition) is 3. The van der Waals surface area contributed by atoms with E-state index in [2.05, 4.69) is 20.5 Å². The lowest BCUT2D eigenvalue weighted by atomic mass is 10.3. The number of hydrogen-bond donors (Lipinski definition) is 2. The van der Waals surface area contributed by atoms with E-state index in [4.69, 9.17) is 23.8 Å². The smallest absolute Gasteiger partial charge is 0.387 e. The summed E-state index contributed by atoms with van der Waals surface area (Å²) in [5, 5.41) is 10.8. The highest BCUT2D eigenvalue weighted by atomic mass is 35.5. The van der Waals surface area contributed by atoms with Crippen molar-refractivity contribution in [3.63, 3.8) is 0 Å². The van der Waals surface area contributed by atoms with Gasteiger partial charge in [-0.05, 0) is 30.8 Å². The quantitative estimate of drug-likeness (QED) is 0.584. The lowest BCUT2D eigenvalue weighted by Gasteiger charge is -2.14. The van der Waals surface area contributed by atoms with Gasteiger partial charge in [-0.1, -0.05) is 23.7 Å². The number of benzene rings is 1. The molecule has 23 heavy (non-hydrogen) atoms. The molecule has 0 aliphatic rings. The number of nitrogens with zero attached hydrogens (tertiary/aromatic N) is 2. The monoisotopic (exact) mass is 360 g/mol. The molecule has 0 spiro atoms. The maximum atomic E-state index is 12.3. The zero-order valence-corrected chi connectivity index (χ0v) is 13.6. The van der Waals surface area contributed by atoms with Gasteiger partial charge in [0.2, 0.25) is 0 Å². The molecule has 0 fully saturated rings. The molecule has 9 heteroatoms. The maximum Gasteiger partial charge on any atom is 0.387 e. The van der Waals surface area contributed by atoms with Crippen LogP contribution in [0.5, 0.6) is 5.75 Å². The fourth-order valence-electron chi connectivity index (χ4n) is 1.84. The molecule has 0 amide bonds. The van der Waals surface area contributed by atoms with Gasteiger partial charge in [0.1, 0.15) is 5.75 Å². The van der Waals surface area contributed by atoms with Crippen LogP contribution in [0.4, 0.5) is 14.5 Å². The number of ether oxygens (including phenoxy) is 1. The van der Waals surface area contributed by atoms with Crippen molar-refractivity contribution in [2.75, 3.05) is 11.9 Å². The van der Waals surface area contributed by atoms with E-state index in [-0.39, 0.29) is 5.75 Å². The Morgan fingerprint density at radius 2 is 2.17 bits per heavy atom. The van der Waals surface area contributed by atoms with Gasteiger partial charge in [-0.25, -0.2) is 0 Å². The molecule has 0 radical (unpaired) electrons. The number of alkyl halides is 2. The van der Waals surface area contributed by atoms with Gasteiger partial charge in [-0.3, -0.25) is 4.68 Å². The van der Waals surface area contributed by atoms with Gasteiger partial charge in [-0.15, -0.1) is 0 Å². The van der Waals surface area contributed by atoms with Gasteiger partial charge in [0.05, 0.1) is 16.9 Å². The average molecular weight is 361 g/mol. The number of anilines is 1. The van der Waals surface area contributed by atoms with Crippen molar-refractivity contribution in [3.8, 4) is 5.75 Å². The molecule has 0 aliphatic heterocycles. The Labute approximate surface area is 142 Å². The fourth-order valence-corrected chi connectivity index (χ4v) is 2.21. The molecular formula is C14H15ClF2N4OS.